The highest BCUT2D eigenvalue weighted by atomic mass is 16.5. The maximum atomic E-state index is 12.2. The van der Waals surface area contributed by atoms with E-state index in [9.17, 15) is 4.79 Å². The molecule has 1 N–H and O–H groups in total. The third kappa shape index (κ3) is 2.19. The Morgan fingerprint density at radius 1 is 1.38 bits per heavy atom. The molecule has 0 aliphatic carbocycles. The van der Waals surface area contributed by atoms with Gasteiger partial charge in [0.05, 0.1) is 7.11 Å². The summed E-state index contributed by atoms with van der Waals surface area (Å²) in [5.41, 5.74) is 0.358. The van der Waals surface area contributed by atoms with Gasteiger partial charge in [-0.25, -0.2) is 9.97 Å². The second-order valence-electron chi connectivity index (χ2n) is 3.80. The summed E-state index contributed by atoms with van der Waals surface area (Å²) in [6.07, 6.45) is 4.77. The summed E-state index contributed by atoms with van der Waals surface area (Å²) in [5.74, 6) is 0.421. The monoisotopic (exact) mass is 221 g/mol. The molecule has 1 aromatic rings. The Balaban J connectivity index is 2.19. The summed E-state index contributed by atoms with van der Waals surface area (Å²) in [6, 6.07) is 0. The van der Waals surface area contributed by atoms with E-state index < -0.39 is 0 Å². The summed E-state index contributed by atoms with van der Waals surface area (Å²) in [5, 5.41) is 3.23. The van der Waals surface area contributed by atoms with Gasteiger partial charge in [-0.15, -0.1) is 0 Å². The van der Waals surface area contributed by atoms with E-state index in [1.165, 1.54) is 19.5 Å². The number of hydrogen-bond donors (Lipinski definition) is 1. The molecule has 0 atom stereocenters. The van der Waals surface area contributed by atoms with Crippen molar-refractivity contribution < 1.29 is 9.53 Å². The Bertz CT molecular complexity index is 375. The van der Waals surface area contributed by atoms with Crippen LogP contribution in [0.25, 0.3) is 0 Å². The average Bonchev–Trinajstić information content (AvgIpc) is 2.39. The van der Waals surface area contributed by atoms with Gasteiger partial charge in [0, 0.05) is 18.3 Å². The second-order valence-corrected chi connectivity index (χ2v) is 3.80. The highest BCUT2D eigenvalue weighted by Gasteiger charge is 2.26. The van der Waals surface area contributed by atoms with Gasteiger partial charge in [-0.1, -0.05) is 0 Å². The lowest BCUT2D eigenvalue weighted by atomic mass is 9.92. The molecule has 0 radical (unpaired) electrons. The lowest BCUT2D eigenvalue weighted by Crippen LogP contribution is -2.32. The first-order valence-electron chi connectivity index (χ1n) is 5.43. The number of carbonyl (C=O) groups excluding carboxylic acids is 1. The molecule has 1 aromatic heterocycles. The van der Waals surface area contributed by atoms with E-state index in [-0.39, 0.29) is 11.7 Å². The van der Waals surface area contributed by atoms with Crippen molar-refractivity contribution in [3.05, 3.63) is 18.1 Å². The number of ketones is 1. The van der Waals surface area contributed by atoms with Crippen molar-refractivity contribution in [2.24, 2.45) is 5.92 Å². The zero-order chi connectivity index (χ0) is 11.4. The molecule has 16 heavy (non-hydrogen) atoms. The van der Waals surface area contributed by atoms with E-state index in [2.05, 4.69) is 15.3 Å². The smallest absolute Gasteiger partial charge is 0.243 e. The van der Waals surface area contributed by atoms with Crippen LogP contribution in [0.4, 0.5) is 0 Å². The number of piperidine rings is 1. The van der Waals surface area contributed by atoms with Gasteiger partial charge in [0.1, 0.15) is 0 Å². The fourth-order valence-corrected chi connectivity index (χ4v) is 1.92. The first kappa shape index (κ1) is 11.0. The predicted octanol–water partition coefficient (Wildman–Crippen LogP) is 0.667. The Hall–Kier alpha value is -1.49. The number of carbonyl (C=O) groups is 1. The molecule has 0 unspecified atom stereocenters. The molecule has 0 spiro atoms. The molecule has 0 bridgehead atoms. The number of Topliss-reactive ketones (excluding diaryl/α,β-unsaturated/α-hetero) is 1. The number of ether oxygens (including phenoxy) is 1. The van der Waals surface area contributed by atoms with E-state index in [4.69, 9.17) is 4.74 Å². The summed E-state index contributed by atoms with van der Waals surface area (Å²) in [6.45, 7) is 1.78. The summed E-state index contributed by atoms with van der Waals surface area (Å²) >= 11 is 0. The molecule has 86 valence electrons. The number of hydrogen-bond acceptors (Lipinski definition) is 5. The van der Waals surface area contributed by atoms with Gasteiger partial charge in [-0.2, -0.15) is 0 Å². The molecule has 0 aromatic carbocycles. The van der Waals surface area contributed by atoms with Crippen LogP contribution in [-0.4, -0.2) is 36.0 Å². The molecule has 5 nitrogen and oxygen atoms in total. The van der Waals surface area contributed by atoms with Crippen LogP contribution >= 0.6 is 0 Å². The van der Waals surface area contributed by atoms with Crippen molar-refractivity contribution in [1.82, 2.24) is 15.3 Å². The first-order chi connectivity index (χ1) is 7.83. The number of nitrogens with one attached hydrogen (secondary N) is 1. The van der Waals surface area contributed by atoms with Gasteiger partial charge < -0.3 is 10.1 Å². The first-order valence-corrected chi connectivity index (χ1v) is 5.43. The number of nitrogens with zero attached hydrogens (tertiary/aromatic N) is 2. The van der Waals surface area contributed by atoms with E-state index >= 15 is 0 Å². The quantitative estimate of drug-likeness (QED) is 0.760. The van der Waals surface area contributed by atoms with Crippen LogP contribution in [-0.2, 0) is 0 Å². The van der Waals surface area contributed by atoms with Crippen LogP contribution in [0.5, 0.6) is 5.88 Å². The van der Waals surface area contributed by atoms with Crippen molar-refractivity contribution in [1.29, 1.82) is 0 Å². The number of aromatic nitrogens is 2. The van der Waals surface area contributed by atoms with Crippen molar-refractivity contribution in [3.8, 4) is 5.88 Å². The van der Waals surface area contributed by atoms with E-state index in [0.717, 1.165) is 25.9 Å². The molecule has 1 saturated heterocycles. The van der Waals surface area contributed by atoms with Gasteiger partial charge >= 0.3 is 0 Å². The standard InChI is InChI=1S/C11H15N3O2/c1-16-11-9(13-6-7-14-11)10(15)8-2-4-12-5-3-8/h6-8,12H,2-5H2,1H3. The van der Waals surface area contributed by atoms with Gasteiger partial charge in [0.25, 0.3) is 0 Å². The predicted molar refractivity (Wildman–Crippen MR) is 58.5 cm³/mol. The van der Waals surface area contributed by atoms with Crippen LogP contribution < -0.4 is 10.1 Å². The van der Waals surface area contributed by atoms with Crippen LogP contribution in [0.1, 0.15) is 23.3 Å². The van der Waals surface area contributed by atoms with Crippen LogP contribution in [0.2, 0.25) is 0 Å². The summed E-state index contributed by atoms with van der Waals surface area (Å²) in [4.78, 5) is 20.2. The number of methoxy groups -OCH3 is 1. The van der Waals surface area contributed by atoms with Crippen LogP contribution in [0, 0.1) is 5.92 Å². The molecule has 2 rings (SSSR count). The summed E-state index contributed by atoms with van der Waals surface area (Å²) < 4.78 is 5.05. The van der Waals surface area contributed by atoms with Crippen molar-refractivity contribution in [2.45, 2.75) is 12.8 Å². The zero-order valence-corrected chi connectivity index (χ0v) is 9.27. The molecule has 0 saturated carbocycles. The molecule has 1 fully saturated rings. The van der Waals surface area contributed by atoms with E-state index in [1.54, 1.807) is 0 Å². The van der Waals surface area contributed by atoms with Crippen molar-refractivity contribution in [2.75, 3.05) is 20.2 Å². The molecule has 5 heteroatoms. The molecular weight excluding hydrogens is 206 g/mol. The van der Waals surface area contributed by atoms with Gasteiger partial charge in [0.2, 0.25) is 5.88 Å². The van der Waals surface area contributed by atoms with Gasteiger partial charge in [-0.3, -0.25) is 4.79 Å². The zero-order valence-electron chi connectivity index (χ0n) is 9.27. The lowest BCUT2D eigenvalue weighted by Gasteiger charge is -2.21. The Labute approximate surface area is 94.2 Å². The highest BCUT2D eigenvalue weighted by molar-refractivity contribution is 5.98. The fraction of sp³-hybridized carbons (Fsp3) is 0.545. The number of rotatable bonds is 3. The molecule has 0 amide bonds. The highest BCUT2D eigenvalue weighted by Crippen LogP contribution is 2.21. The molecule has 1 aliphatic heterocycles. The third-order valence-corrected chi connectivity index (χ3v) is 2.80. The Morgan fingerprint density at radius 3 is 2.75 bits per heavy atom. The van der Waals surface area contributed by atoms with Gasteiger partial charge in [-0.05, 0) is 25.9 Å². The molecule has 1 aliphatic rings. The maximum absolute atomic E-state index is 12.2. The summed E-state index contributed by atoms with van der Waals surface area (Å²) in [7, 11) is 1.50. The lowest BCUT2D eigenvalue weighted by molar-refractivity contribution is 0.0885. The van der Waals surface area contributed by atoms with Crippen molar-refractivity contribution >= 4 is 5.78 Å². The van der Waals surface area contributed by atoms with E-state index in [0.29, 0.717) is 11.6 Å². The average molecular weight is 221 g/mol. The van der Waals surface area contributed by atoms with Gasteiger partial charge in [0.15, 0.2) is 11.5 Å². The molecule has 2 heterocycles. The fourth-order valence-electron chi connectivity index (χ4n) is 1.92. The normalized spacial score (nSPS) is 17.1. The minimum Gasteiger partial charge on any atom is -0.479 e. The van der Waals surface area contributed by atoms with Crippen LogP contribution in [0.15, 0.2) is 12.4 Å². The third-order valence-electron chi connectivity index (χ3n) is 2.80. The van der Waals surface area contributed by atoms with E-state index in [1.807, 2.05) is 0 Å². The van der Waals surface area contributed by atoms with Crippen molar-refractivity contribution in [3.63, 3.8) is 0 Å². The minimum atomic E-state index is 0.0476. The minimum absolute atomic E-state index is 0.0476. The topological polar surface area (TPSA) is 64.1 Å². The largest absolute Gasteiger partial charge is 0.479 e. The van der Waals surface area contributed by atoms with Crippen LogP contribution in [0.3, 0.4) is 0 Å². The Kier molecular flexibility index (Phi) is 3.46. The second kappa shape index (κ2) is 5.03. The SMILES string of the molecule is COc1nccnc1C(=O)C1CCNCC1. The molecular formula is C11H15N3O2. The Morgan fingerprint density at radius 2 is 2.06 bits per heavy atom. The maximum Gasteiger partial charge on any atom is 0.243 e.